The number of nitrogens with one attached hydrogen (secondary N) is 1. The molecule has 1 aliphatic rings. The average molecular weight is 192 g/mol. The summed E-state index contributed by atoms with van der Waals surface area (Å²) in [5.41, 5.74) is 1.45. The number of para-hydroxylation sites is 1. The number of β-amino-alcohol motifs (C(OH)–C–C–N with tert-alkyl or cyclic N) is 1. The second kappa shape index (κ2) is 3.26. The number of benzene rings is 1. The predicted molar refractivity (Wildman–Crippen MR) is 57.5 cm³/mol. The van der Waals surface area contributed by atoms with Crippen molar-refractivity contribution in [3.8, 4) is 0 Å². The number of aliphatic hydroxyl groups is 1. The van der Waals surface area contributed by atoms with E-state index in [9.17, 15) is 5.11 Å². The third kappa shape index (κ3) is 1.38. The zero-order valence-electron chi connectivity index (χ0n) is 8.62. The first-order valence-electron chi connectivity index (χ1n) is 4.83. The van der Waals surface area contributed by atoms with E-state index in [1.54, 1.807) is 0 Å². The summed E-state index contributed by atoms with van der Waals surface area (Å²) in [6.45, 7) is 1.30. The van der Waals surface area contributed by atoms with E-state index in [0.29, 0.717) is 13.1 Å². The molecule has 1 fully saturated rings. The van der Waals surface area contributed by atoms with Crippen molar-refractivity contribution >= 4 is 5.69 Å². The molecule has 76 valence electrons. The van der Waals surface area contributed by atoms with Crippen LogP contribution in [-0.4, -0.2) is 32.3 Å². The molecule has 0 bridgehead atoms. The minimum absolute atomic E-state index is 0.651. The van der Waals surface area contributed by atoms with E-state index in [4.69, 9.17) is 0 Å². The van der Waals surface area contributed by atoms with Gasteiger partial charge in [0.25, 0.3) is 0 Å². The Morgan fingerprint density at radius 2 is 1.93 bits per heavy atom. The Labute approximate surface area is 84.4 Å². The van der Waals surface area contributed by atoms with Crippen LogP contribution < -0.4 is 10.2 Å². The highest BCUT2D eigenvalue weighted by atomic mass is 16.3. The lowest BCUT2D eigenvalue weighted by molar-refractivity contribution is -0.0141. The molecule has 3 nitrogen and oxygen atoms in total. The summed E-state index contributed by atoms with van der Waals surface area (Å²) in [4.78, 5) is 2.03. The molecule has 0 amide bonds. The van der Waals surface area contributed by atoms with Crippen molar-refractivity contribution in [2.45, 2.75) is 5.60 Å². The van der Waals surface area contributed by atoms with Crippen LogP contribution in [-0.2, 0) is 5.60 Å². The fourth-order valence-electron chi connectivity index (χ4n) is 1.81. The Morgan fingerprint density at radius 1 is 1.29 bits per heavy atom. The molecular weight excluding hydrogens is 176 g/mol. The highest BCUT2D eigenvalue weighted by molar-refractivity contribution is 5.56. The first-order valence-corrected chi connectivity index (χ1v) is 4.83. The van der Waals surface area contributed by atoms with Crippen molar-refractivity contribution in [1.29, 1.82) is 0 Å². The maximum atomic E-state index is 10.2. The van der Waals surface area contributed by atoms with Gasteiger partial charge in [-0.1, -0.05) is 18.2 Å². The van der Waals surface area contributed by atoms with Gasteiger partial charge in [0.1, 0.15) is 5.60 Å². The van der Waals surface area contributed by atoms with Gasteiger partial charge >= 0.3 is 0 Å². The zero-order valence-corrected chi connectivity index (χ0v) is 8.62. The van der Waals surface area contributed by atoms with Crippen molar-refractivity contribution in [1.82, 2.24) is 5.32 Å². The van der Waals surface area contributed by atoms with Crippen LogP contribution in [0.1, 0.15) is 5.56 Å². The maximum absolute atomic E-state index is 10.2. The molecule has 14 heavy (non-hydrogen) atoms. The van der Waals surface area contributed by atoms with E-state index < -0.39 is 5.60 Å². The van der Waals surface area contributed by atoms with Crippen molar-refractivity contribution in [2.24, 2.45) is 0 Å². The van der Waals surface area contributed by atoms with Gasteiger partial charge in [0.15, 0.2) is 0 Å². The monoisotopic (exact) mass is 192 g/mol. The molecule has 1 aromatic rings. The predicted octanol–water partition coefficient (Wildman–Crippen LogP) is 0.543. The number of hydrogen-bond donors (Lipinski definition) is 2. The number of hydrogen-bond acceptors (Lipinski definition) is 3. The third-order valence-electron chi connectivity index (χ3n) is 2.72. The highest BCUT2D eigenvalue weighted by Gasteiger charge is 2.37. The molecule has 0 saturated carbocycles. The van der Waals surface area contributed by atoms with Crippen LogP contribution in [0.15, 0.2) is 24.3 Å². The summed E-state index contributed by atoms with van der Waals surface area (Å²) in [6.07, 6.45) is 0. The quantitative estimate of drug-likeness (QED) is 0.718. The van der Waals surface area contributed by atoms with Gasteiger partial charge in [-0.05, 0) is 6.07 Å². The summed E-state index contributed by atoms with van der Waals surface area (Å²) in [7, 11) is 3.99. The summed E-state index contributed by atoms with van der Waals surface area (Å²) in [6, 6.07) is 7.99. The lowest BCUT2D eigenvalue weighted by Gasteiger charge is -2.40. The molecular formula is C11H16N2O. The molecule has 0 unspecified atom stereocenters. The molecule has 1 saturated heterocycles. The topological polar surface area (TPSA) is 35.5 Å². The minimum Gasteiger partial charge on any atom is -0.382 e. The Kier molecular flexibility index (Phi) is 2.21. The second-order valence-electron chi connectivity index (χ2n) is 4.05. The van der Waals surface area contributed by atoms with E-state index in [2.05, 4.69) is 5.32 Å². The summed E-state index contributed by atoms with van der Waals surface area (Å²) in [5, 5.41) is 13.3. The molecule has 2 rings (SSSR count). The average Bonchev–Trinajstić information content (AvgIpc) is 2.14. The molecule has 0 aliphatic carbocycles. The summed E-state index contributed by atoms with van der Waals surface area (Å²) >= 11 is 0. The Hall–Kier alpha value is -1.06. The molecule has 1 aromatic carbocycles. The smallest absolute Gasteiger partial charge is 0.116 e. The Morgan fingerprint density at radius 3 is 2.43 bits per heavy atom. The van der Waals surface area contributed by atoms with E-state index in [0.717, 1.165) is 11.3 Å². The number of nitrogens with zero attached hydrogens (tertiary/aromatic N) is 1. The van der Waals surface area contributed by atoms with Crippen molar-refractivity contribution < 1.29 is 5.11 Å². The standard InChI is InChI=1S/C11H16N2O/c1-13(2)10-6-4-3-5-9(10)11(14)7-12-8-11/h3-6,12,14H,7-8H2,1-2H3. The molecule has 1 heterocycles. The van der Waals surface area contributed by atoms with Crippen LogP contribution in [0.3, 0.4) is 0 Å². The van der Waals surface area contributed by atoms with Gasteiger partial charge in [0.2, 0.25) is 0 Å². The van der Waals surface area contributed by atoms with E-state index >= 15 is 0 Å². The van der Waals surface area contributed by atoms with Crippen LogP contribution in [0.2, 0.25) is 0 Å². The number of anilines is 1. The normalized spacial score (nSPS) is 18.8. The molecule has 1 aliphatic heterocycles. The Balaban J connectivity index is 2.41. The Bertz CT molecular complexity index is 332. The molecule has 2 N–H and O–H groups in total. The molecule has 0 atom stereocenters. The second-order valence-corrected chi connectivity index (χ2v) is 4.05. The maximum Gasteiger partial charge on any atom is 0.116 e. The van der Waals surface area contributed by atoms with Gasteiger partial charge in [-0.3, -0.25) is 0 Å². The van der Waals surface area contributed by atoms with Crippen molar-refractivity contribution in [3.63, 3.8) is 0 Å². The van der Waals surface area contributed by atoms with Gasteiger partial charge in [0.05, 0.1) is 0 Å². The molecule has 0 aromatic heterocycles. The van der Waals surface area contributed by atoms with Crippen LogP contribution in [0.25, 0.3) is 0 Å². The van der Waals surface area contributed by atoms with Gasteiger partial charge < -0.3 is 15.3 Å². The summed E-state index contributed by atoms with van der Waals surface area (Å²) in [5.74, 6) is 0. The largest absolute Gasteiger partial charge is 0.382 e. The zero-order chi connectivity index (χ0) is 10.2. The molecule has 0 radical (unpaired) electrons. The van der Waals surface area contributed by atoms with Gasteiger partial charge in [-0.25, -0.2) is 0 Å². The first kappa shape index (κ1) is 9.49. The van der Waals surface area contributed by atoms with E-state index in [1.807, 2.05) is 43.3 Å². The number of rotatable bonds is 2. The SMILES string of the molecule is CN(C)c1ccccc1C1(O)CNC1. The van der Waals surface area contributed by atoms with Crippen LogP contribution in [0, 0.1) is 0 Å². The van der Waals surface area contributed by atoms with Crippen LogP contribution in [0.4, 0.5) is 5.69 Å². The molecule has 0 spiro atoms. The van der Waals surface area contributed by atoms with E-state index in [1.165, 1.54) is 0 Å². The van der Waals surface area contributed by atoms with Crippen LogP contribution in [0.5, 0.6) is 0 Å². The van der Waals surface area contributed by atoms with Crippen molar-refractivity contribution in [2.75, 3.05) is 32.1 Å². The minimum atomic E-state index is -0.666. The van der Waals surface area contributed by atoms with Gasteiger partial charge in [0, 0.05) is 38.4 Å². The molecule has 3 heteroatoms. The fourth-order valence-corrected chi connectivity index (χ4v) is 1.81. The lowest BCUT2D eigenvalue weighted by atomic mass is 9.87. The van der Waals surface area contributed by atoms with Crippen molar-refractivity contribution in [3.05, 3.63) is 29.8 Å². The first-order chi connectivity index (χ1) is 6.63. The summed E-state index contributed by atoms with van der Waals surface area (Å²) < 4.78 is 0. The van der Waals surface area contributed by atoms with Gasteiger partial charge in [-0.15, -0.1) is 0 Å². The van der Waals surface area contributed by atoms with E-state index in [-0.39, 0.29) is 0 Å². The van der Waals surface area contributed by atoms with Crippen LogP contribution >= 0.6 is 0 Å². The lowest BCUT2D eigenvalue weighted by Crippen LogP contribution is -2.57. The third-order valence-corrected chi connectivity index (χ3v) is 2.72. The van der Waals surface area contributed by atoms with Gasteiger partial charge in [-0.2, -0.15) is 0 Å². The highest BCUT2D eigenvalue weighted by Crippen LogP contribution is 2.32. The fraction of sp³-hybridized carbons (Fsp3) is 0.455.